The average Bonchev–Trinajstić information content (AvgIpc) is 3.75. The van der Waals surface area contributed by atoms with E-state index in [9.17, 15) is 18.4 Å². The van der Waals surface area contributed by atoms with Crippen molar-refractivity contribution < 1.29 is 18.4 Å². The van der Waals surface area contributed by atoms with Gasteiger partial charge in [-0.3, -0.25) is 9.59 Å². The maximum atomic E-state index is 14.1. The Balaban J connectivity index is 1.17. The second-order valence-corrected chi connectivity index (χ2v) is 11.6. The highest BCUT2D eigenvalue weighted by Gasteiger charge is 2.43. The van der Waals surface area contributed by atoms with Crippen LogP contribution in [0.2, 0.25) is 0 Å². The number of carbonyl (C=O) groups excluding carboxylic acids is 2. The second kappa shape index (κ2) is 11.5. The van der Waals surface area contributed by atoms with E-state index in [2.05, 4.69) is 25.2 Å². The van der Waals surface area contributed by atoms with Crippen LogP contribution in [0.5, 0.6) is 0 Å². The normalized spacial score (nSPS) is 23.2. The first-order valence-corrected chi connectivity index (χ1v) is 14.4. The molecule has 2 aromatic rings. The molecule has 204 valence electrons. The first-order chi connectivity index (χ1) is 18.7. The SMILES string of the molecule is CCC(CC(=O)Cc1ccc(-c2ccccc2C(C)(F)F)cc1)C1=CCCC(C(=O)C2=CC=CC3CC23)CC1. The summed E-state index contributed by atoms with van der Waals surface area (Å²) in [5.41, 5.74) is 4.50. The van der Waals surface area contributed by atoms with E-state index in [1.165, 1.54) is 11.6 Å². The van der Waals surface area contributed by atoms with Gasteiger partial charge >= 0.3 is 0 Å². The second-order valence-electron chi connectivity index (χ2n) is 11.6. The van der Waals surface area contributed by atoms with Gasteiger partial charge in [0.05, 0.1) is 0 Å². The van der Waals surface area contributed by atoms with Crippen molar-refractivity contribution in [3.8, 4) is 11.1 Å². The molecule has 0 saturated heterocycles. The summed E-state index contributed by atoms with van der Waals surface area (Å²) < 4.78 is 28.2. The van der Waals surface area contributed by atoms with Gasteiger partial charge in [-0.15, -0.1) is 0 Å². The van der Waals surface area contributed by atoms with Crippen molar-refractivity contribution in [2.75, 3.05) is 0 Å². The molecule has 1 fully saturated rings. The smallest absolute Gasteiger partial charge is 0.271 e. The van der Waals surface area contributed by atoms with Crippen LogP contribution in [0.4, 0.5) is 8.78 Å². The maximum Gasteiger partial charge on any atom is 0.271 e. The fraction of sp³-hybridized carbons (Fsp3) is 0.429. The number of ketones is 2. The number of halogens is 2. The summed E-state index contributed by atoms with van der Waals surface area (Å²) in [6.07, 6.45) is 15.0. The Bertz CT molecular complexity index is 1310. The molecule has 2 nitrogen and oxygen atoms in total. The van der Waals surface area contributed by atoms with E-state index in [0.717, 1.165) is 62.1 Å². The molecule has 4 heteroatoms. The number of fused-ring (bicyclic) bond motifs is 1. The molecule has 0 aliphatic heterocycles. The van der Waals surface area contributed by atoms with Crippen molar-refractivity contribution in [3.63, 3.8) is 0 Å². The number of allylic oxidation sites excluding steroid dienone is 6. The molecule has 0 amide bonds. The molecule has 0 bridgehead atoms. The van der Waals surface area contributed by atoms with E-state index in [-0.39, 0.29) is 23.2 Å². The van der Waals surface area contributed by atoms with Crippen LogP contribution in [0.3, 0.4) is 0 Å². The average molecular weight is 529 g/mol. The number of benzene rings is 2. The third-order valence-electron chi connectivity index (χ3n) is 8.79. The van der Waals surface area contributed by atoms with Gasteiger partial charge in [0.25, 0.3) is 5.92 Å². The van der Waals surface area contributed by atoms with Gasteiger partial charge in [-0.05, 0) is 78.5 Å². The quantitative estimate of drug-likeness (QED) is 0.289. The Morgan fingerprint density at radius 3 is 2.56 bits per heavy atom. The lowest BCUT2D eigenvalue weighted by Crippen LogP contribution is -2.19. The molecule has 4 unspecified atom stereocenters. The van der Waals surface area contributed by atoms with Crippen molar-refractivity contribution in [1.29, 1.82) is 0 Å². The molecule has 0 N–H and O–H groups in total. The fourth-order valence-electron chi connectivity index (χ4n) is 6.43. The first kappa shape index (κ1) is 27.4. The van der Waals surface area contributed by atoms with Gasteiger partial charge in [0.1, 0.15) is 5.78 Å². The van der Waals surface area contributed by atoms with Crippen molar-refractivity contribution in [2.45, 2.75) is 71.1 Å². The molecule has 4 atom stereocenters. The van der Waals surface area contributed by atoms with Gasteiger partial charge in [-0.1, -0.05) is 85.3 Å². The minimum absolute atomic E-state index is 0.00395. The molecule has 39 heavy (non-hydrogen) atoms. The van der Waals surface area contributed by atoms with Crippen LogP contribution in [0, 0.1) is 23.7 Å². The van der Waals surface area contributed by atoms with Crippen LogP contribution in [-0.2, 0) is 21.9 Å². The van der Waals surface area contributed by atoms with E-state index >= 15 is 0 Å². The van der Waals surface area contributed by atoms with Crippen molar-refractivity contribution in [3.05, 3.63) is 95.1 Å². The predicted molar refractivity (Wildman–Crippen MR) is 152 cm³/mol. The third kappa shape index (κ3) is 6.37. The number of Topliss-reactive ketones (excluding diaryl/α,β-unsaturated/α-hetero) is 2. The summed E-state index contributed by atoms with van der Waals surface area (Å²) in [5, 5.41) is 0. The number of hydrogen-bond donors (Lipinski definition) is 0. The van der Waals surface area contributed by atoms with Crippen molar-refractivity contribution in [2.24, 2.45) is 23.7 Å². The van der Waals surface area contributed by atoms with E-state index in [0.29, 0.717) is 36.0 Å². The number of hydrogen-bond acceptors (Lipinski definition) is 2. The van der Waals surface area contributed by atoms with Crippen LogP contribution in [0.15, 0.2) is 84.0 Å². The van der Waals surface area contributed by atoms with E-state index in [1.54, 1.807) is 18.2 Å². The Morgan fingerprint density at radius 1 is 1.05 bits per heavy atom. The van der Waals surface area contributed by atoms with Crippen LogP contribution < -0.4 is 0 Å². The number of carbonyl (C=O) groups is 2. The summed E-state index contributed by atoms with van der Waals surface area (Å²) in [4.78, 5) is 26.3. The fourth-order valence-corrected chi connectivity index (χ4v) is 6.43. The van der Waals surface area contributed by atoms with Crippen LogP contribution in [0.25, 0.3) is 11.1 Å². The Morgan fingerprint density at radius 2 is 1.82 bits per heavy atom. The van der Waals surface area contributed by atoms with Crippen LogP contribution in [0.1, 0.15) is 69.9 Å². The summed E-state index contributed by atoms with van der Waals surface area (Å²) in [6.45, 7) is 3.05. The highest BCUT2D eigenvalue weighted by Crippen LogP contribution is 2.49. The molecule has 0 radical (unpaired) electrons. The summed E-state index contributed by atoms with van der Waals surface area (Å²) in [6, 6.07) is 14.0. The molecule has 0 spiro atoms. The minimum atomic E-state index is -2.93. The van der Waals surface area contributed by atoms with Crippen molar-refractivity contribution in [1.82, 2.24) is 0 Å². The van der Waals surface area contributed by atoms with E-state index in [4.69, 9.17) is 0 Å². The lowest BCUT2D eigenvalue weighted by Gasteiger charge is -2.20. The topological polar surface area (TPSA) is 34.1 Å². The van der Waals surface area contributed by atoms with Crippen molar-refractivity contribution >= 4 is 11.6 Å². The Kier molecular flexibility index (Phi) is 8.11. The number of rotatable bonds is 10. The summed E-state index contributed by atoms with van der Waals surface area (Å²) in [5.74, 6) is -1.07. The predicted octanol–water partition coefficient (Wildman–Crippen LogP) is 8.81. The molecule has 1 saturated carbocycles. The molecule has 3 aliphatic rings. The summed E-state index contributed by atoms with van der Waals surface area (Å²) in [7, 11) is 0. The van der Waals surface area contributed by atoms with Crippen LogP contribution in [-0.4, -0.2) is 11.6 Å². The Hall–Kier alpha value is -3.14. The molecular weight excluding hydrogens is 490 g/mol. The zero-order valence-electron chi connectivity index (χ0n) is 23.0. The van der Waals surface area contributed by atoms with Gasteiger partial charge in [0, 0.05) is 31.2 Å². The first-order valence-electron chi connectivity index (χ1n) is 14.4. The number of alkyl halides is 2. The van der Waals surface area contributed by atoms with Gasteiger partial charge in [-0.25, -0.2) is 8.78 Å². The largest absolute Gasteiger partial charge is 0.299 e. The standard InChI is InChI=1S/C35H38F2O2/c1-3-24(25-8-6-9-27(19-18-25)34(39)31-12-7-10-28-22-32(28)31)21-29(38)20-23-14-16-26(17-15-23)30-11-4-5-13-33(30)35(2,36)37/h4-5,7-8,10-17,24,27-28,32H,3,6,9,18-22H2,1-2H3. The highest BCUT2D eigenvalue weighted by molar-refractivity contribution is 5.98. The van der Waals surface area contributed by atoms with Gasteiger partial charge in [-0.2, -0.15) is 0 Å². The summed E-state index contributed by atoms with van der Waals surface area (Å²) >= 11 is 0. The van der Waals surface area contributed by atoms with E-state index < -0.39 is 5.92 Å². The van der Waals surface area contributed by atoms with Gasteiger partial charge in [0.15, 0.2) is 5.78 Å². The minimum Gasteiger partial charge on any atom is -0.299 e. The lowest BCUT2D eigenvalue weighted by molar-refractivity contribution is -0.120. The van der Waals surface area contributed by atoms with Gasteiger partial charge in [0.2, 0.25) is 0 Å². The lowest BCUT2D eigenvalue weighted by atomic mass is 9.84. The molecule has 2 aromatic carbocycles. The molecule has 0 heterocycles. The molecular formula is C35H38F2O2. The van der Waals surface area contributed by atoms with E-state index in [1.807, 2.05) is 30.3 Å². The third-order valence-corrected chi connectivity index (χ3v) is 8.79. The molecule has 5 rings (SSSR count). The van der Waals surface area contributed by atoms with Gasteiger partial charge < -0.3 is 0 Å². The zero-order chi connectivity index (χ0) is 27.6. The maximum absolute atomic E-state index is 14.1. The monoisotopic (exact) mass is 528 g/mol. The zero-order valence-corrected chi connectivity index (χ0v) is 23.0. The highest BCUT2D eigenvalue weighted by atomic mass is 19.3. The molecule has 3 aliphatic carbocycles. The molecule has 0 aromatic heterocycles. The van der Waals surface area contributed by atoms with Crippen LogP contribution >= 0.6 is 0 Å². The Labute approximate surface area is 230 Å².